The van der Waals surface area contributed by atoms with Crippen molar-refractivity contribution in [2.45, 2.75) is 31.7 Å². The van der Waals surface area contributed by atoms with E-state index in [1.807, 2.05) is 7.05 Å². The number of Topliss-reactive ketones (excluding diaryl/α,β-unsaturated/α-hetero) is 1. The van der Waals surface area contributed by atoms with Gasteiger partial charge in [-0.15, -0.1) is 0 Å². The van der Waals surface area contributed by atoms with E-state index in [2.05, 4.69) is 4.90 Å². The maximum Gasteiger partial charge on any atom is 0.223 e. The fourth-order valence-electron chi connectivity index (χ4n) is 3.04. The molecule has 0 saturated carbocycles. The number of halogens is 1. The Morgan fingerprint density at radius 2 is 2.12 bits per heavy atom. The van der Waals surface area contributed by atoms with Gasteiger partial charge >= 0.3 is 0 Å². The van der Waals surface area contributed by atoms with Crippen molar-refractivity contribution >= 4 is 11.7 Å². The Kier molecular flexibility index (Phi) is 6.31. The average Bonchev–Trinajstić information content (AvgIpc) is 2.58. The fourth-order valence-corrected chi connectivity index (χ4v) is 3.04. The molecule has 1 atom stereocenters. The molecule has 0 spiro atoms. The Hall–Kier alpha value is -1.95. The lowest BCUT2D eigenvalue weighted by Crippen LogP contribution is -2.47. The van der Waals surface area contributed by atoms with E-state index in [1.54, 1.807) is 11.9 Å². The first-order valence-electron chi connectivity index (χ1n) is 8.23. The van der Waals surface area contributed by atoms with Crippen molar-refractivity contribution in [3.63, 3.8) is 0 Å². The molecule has 0 unspecified atom stereocenters. The fraction of sp³-hybridized carbons (Fsp3) is 0.556. The van der Waals surface area contributed by atoms with Crippen LogP contribution in [0.15, 0.2) is 18.2 Å². The third-order valence-electron chi connectivity index (χ3n) is 4.58. The molecule has 6 heteroatoms. The summed E-state index contributed by atoms with van der Waals surface area (Å²) in [6, 6.07) is 4.30. The van der Waals surface area contributed by atoms with E-state index in [4.69, 9.17) is 4.74 Å². The van der Waals surface area contributed by atoms with Crippen LogP contribution in [-0.2, 0) is 4.79 Å². The lowest BCUT2D eigenvalue weighted by atomic mass is 10.0. The van der Waals surface area contributed by atoms with E-state index >= 15 is 0 Å². The lowest BCUT2D eigenvalue weighted by Gasteiger charge is -2.35. The maximum atomic E-state index is 13.7. The molecule has 0 radical (unpaired) electrons. The highest BCUT2D eigenvalue weighted by Crippen LogP contribution is 2.19. The number of benzene rings is 1. The first kappa shape index (κ1) is 18.4. The van der Waals surface area contributed by atoms with E-state index in [0.29, 0.717) is 0 Å². The number of amides is 1. The summed E-state index contributed by atoms with van der Waals surface area (Å²) in [5, 5.41) is 0. The Morgan fingerprint density at radius 1 is 1.38 bits per heavy atom. The highest BCUT2D eigenvalue weighted by atomic mass is 19.1. The summed E-state index contributed by atoms with van der Waals surface area (Å²) in [6.45, 7) is 1.92. The van der Waals surface area contributed by atoms with Gasteiger partial charge in [0, 0.05) is 38.0 Å². The number of likely N-dealkylation sites (tertiary alicyclic amines) is 1. The van der Waals surface area contributed by atoms with Gasteiger partial charge in [0.2, 0.25) is 5.91 Å². The number of likely N-dealkylation sites (N-methyl/N-ethyl adjacent to an activating group) is 2. The van der Waals surface area contributed by atoms with Crippen LogP contribution in [0.5, 0.6) is 5.75 Å². The number of carbonyl (C=O) groups is 2. The molecular formula is C18H25FN2O3. The SMILES string of the molecule is COc1ccc(C(=O)CCC(=O)N(C)[C@@H]2CCCN(C)C2)cc1F. The minimum atomic E-state index is -0.572. The van der Waals surface area contributed by atoms with Gasteiger partial charge in [0.1, 0.15) is 0 Å². The molecule has 1 aliphatic rings. The Balaban J connectivity index is 1.88. The average molecular weight is 336 g/mol. The van der Waals surface area contributed by atoms with Gasteiger partial charge in [0.15, 0.2) is 17.3 Å². The van der Waals surface area contributed by atoms with Gasteiger partial charge in [0.25, 0.3) is 0 Å². The number of nitrogens with zero attached hydrogens (tertiary/aromatic N) is 2. The van der Waals surface area contributed by atoms with Crippen molar-refractivity contribution < 1.29 is 18.7 Å². The van der Waals surface area contributed by atoms with Crippen LogP contribution in [0.2, 0.25) is 0 Å². The van der Waals surface area contributed by atoms with Gasteiger partial charge < -0.3 is 14.5 Å². The molecule has 132 valence electrons. The van der Waals surface area contributed by atoms with E-state index in [0.717, 1.165) is 32.0 Å². The number of piperidine rings is 1. The van der Waals surface area contributed by atoms with E-state index in [9.17, 15) is 14.0 Å². The molecule has 0 bridgehead atoms. The van der Waals surface area contributed by atoms with Crippen LogP contribution in [-0.4, -0.2) is 61.8 Å². The van der Waals surface area contributed by atoms with Gasteiger partial charge in [-0.2, -0.15) is 0 Å². The minimum Gasteiger partial charge on any atom is -0.494 e. The van der Waals surface area contributed by atoms with Crippen LogP contribution in [0.1, 0.15) is 36.0 Å². The zero-order chi connectivity index (χ0) is 17.7. The summed E-state index contributed by atoms with van der Waals surface area (Å²) >= 11 is 0. The summed E-state index contributed by atoms with van der Waals surface area (Å²) in [7, 11) is 5.22. The summed E-state index contributed by atoms with van der Waals surface area (Å²) < 4.78 is 18.5. The van der Waals surface area contributed by atoms with E-state index in [1.165, 1.54) is 19.2 Å². The number of hydrogen-bond acceptors (Lipinski definition) is 4. The van der Waals surface area contributed by atoms with Gasteiger partial charge in [0.05, 0.1) is 7.11 Å². The molecule has 1 heterocycles. The summed E-state index contributed by atoms with van der Waals surface area (Å²) in [5.74, 6) is -0.752. The number of rotatable bonds is 6. The Bertz CT molecular complexity index is 606. The summed E-state index contributed by atoms with van der Waals surface area (Å²) in [4.78, 5) is 28.4. The predicted molar refractivity (Wildman–Crippen MR) is 89.8 cm³/mol. The predicted octanol–water partition coefficient (Wildman–Crippen LogP) is 2.35. The molecule has 0 N–H and O–H groups in total. The van der Waals surface area contributed by atoms with Crippen LogP contribution < -0.4 is 4.74 Å². The molecule has 1 fully saturated rings. The van der Waals surface area contributed by atoms with Gasteiger partial charge in [-0.25, -0.2) is 4.39 Å². The zero-order valence-electron chi connectivity index (χ0n) is 14.5. The van der Waals surface area contributed by atoms with Crippen molar-refractivity contribution in [3.05, 3.63) is 29.6 Å². The molecule has 1 aliphatic heterocycles. The highest BCUT2D eigenvalue weighted by Gasteiger charge is 2.24. The third-order valence-corrected chi connectivity index (χ3v) is 4.58. The quantitative estimate of drug-likeness (QED) is 0.748. The van der Waals surface area contributed by atoms with E-state index < -0.39 is 5.82 Å². The normalized spacial score (nSPS) is 18.2. The summed E-state index contributed by atoms with van der Waals surface area (Å²) in [5.41, 5.74) is 0.265. The molecule has 1 saturated heterocycles. The van der Waals surface area contributed by atoms with Crippen LogP contribution in [0, 0.1) is 5.82 Å². The number of carbonyl (C=O) groups excluding carboxylic acids is 2. The standard InChI is InChI=1S/C18H25FN2O3/c1-20-10-4-5-14(12-20)21(2)18(23)9-7-16(22)13-6-8-17(24-3)15(19)11-13/h6,8,11,14H,4-5,7,9-10,12H2,1-3H3/t14-/m1/s1. The van der Waals surface area contributed by atoms with Gasteiger partial charge in [-0.1, -0.05) is 0 Å². The van der Waals surface area contributed by atoms with Crippen molar-refractivity contribution in [2.75, 3.05) is 34.3 Å². The molecule has 1 aromatic carbocycles. The molecular weight excluding hydrogens is 311 g/mol. The Labute approximate surface area is 142 Å². The lowest BCUT2D eigenvalue weighted by molar-refractivity contribution is -0.132. The second-order valence-corrected chi connectivity index (χ2v) is 6.34. The largest absolute Gasteiger partial charge is 0.494 e. The first-order valence-corrected chi connectivity index (χ1v) is 8.23. The van der Waals surface area contributed by atoms with E-state index in [-0.39, 0.29) is 41.9 Å². The van der Waals surface area contributed by atoms with Crippen LogP contribution in [0.4, 0.5) is 4.39 Å². The third kappa shape index (κ3) is 4.54. The highest BCUT2D eigenvalue weighted by molar-refractivity contribution is 5.98. The van der Waals surface area contributed by atoms with Crippen molar-refractivity contribution in [1.29, 1.82) is 0 Å². The Morgan fingerprint density at radius 3 is 2.75 bits per heavy atom. The summed E-state index contributed by atoms with van der Waals surface area (Å²) in [6.07, 6.45) is 2.29. The first-order chi connectivity index (χ1) is 11.4. The second-order valence-electron chi connectivity index (χ2n) is 6.34. The van der Waals surface area contributed by atoms with Crippen molar-refractivity contribution in [3.8, 4) is 5.75 Å². The molecule has 2 rings (SSSR count). The number of methoxy groups -OCH3 is 1. The topological polar surface area (TPSA) is 49.9 Å². The second kappa shape index (κ2) is 8.24. The van der Waals surface area contributed by atoms with Crippen LogP contribution >= 0.6 is 0 Å². The van der Waals surface area contributed by atoms with Crippen molar-refractivity contribution in [1.82, 2.24) is 9.80 Å². The molecule has 0 aromatic heterocycles. The number of ether oxygens (including phenoxy) is 1. The number of hydrogen-bond donors (Lipinski definition) is 0. The smallest absolute Gasteiger partial charge is 0.223 e. The van der Waals surface area contributed by atoms with Crippen molar-refractivity contribution in [2.24, 2.45) is 0 Å². The van der Waals surface area contributed by atoms with Crippen LogP contribution in [0.3, 0.4) is 0 Å². The number of ketones is 1. The molecule has 24 heavy (non-hydrogen) atoms. The maximum absolute atomic E-state index is 13.7. The molecule has 1 amide bonds. The van der Waals surface area contributed by atoms with Gasteiger partial charge in [-0.05, 0) is 44.6 Å². The van der Waals surface area contributed by atoms with Crippen LogP contribution in [0.25, 0.3) is 0 Å². The molecule has 0 aliphatic carbocycles. The minimum absolute atomic E-state index is 0.0439. The van der Waals surface area contributed by atoms with Gasteiger partial charge in [-0.3, -0.25) is 9.59 Å². The molecule has 5 nitrogen and oxygen atoms in total. The molecule has 1 aromatic rings. The monoisotopic (exact) mass is 336 g/mol. The zero-order valence-corrected chi connectivity index (χ0v) is 14.5.